The van der Waals surface area contributed by atoms with Crippen molar-refractivity contribution in [1.82, 2.24) is 4.31 Å². The third kappa shape index (κ3) is 5.20. The highest BCUT2D eigenvalue weighted by Gasteiger charge is 2.27. The molecule has 0 atom stereocenters. The Morgan fingerprint density at radius 1 is 1.19 bits per heavy atom. The third-order valence-corrected chi connectivity index (χ3v) is 7.18. The minimum absolute atomic E-state index is 0.0612. The van der Waals surface area contributed by atoms with E-state index in [0.717, 1.165) is 12.8 Å². The normalized spacial score (nSPS) is 14.4. The van der Waals surface area contributed by atoms with Gasteiger partial charge in [0, 0.05) is 31.6 Å². The Bertz CT molecular complexity index is 1090. The average molecular weight is 448 g/mol. The quantitative estimate of drug-likeness (QED) is 0.490. The summed E-state index contributed by atoms with van der Waals surface area (Å²) in [7, 11) is -2.09. The molecule has 31 heavy (non-hydrogen) atoms. The van der Waals surface area contributed by atoms with Gasteiger partial charge in [-0.15, -0.1) is 0 Å². The van der Waals surface area contributed by atoms with Crippen molar-refractivity contribution in [2.45, 2.75) is 37.5 Å². The Labute approximate surface area is 181 Å². The van der Waals surface area contributed by atoms with Crippen molar-refractivity contribution in [3.05, 3.63) is 57.6 Å². The second kappa shape index (κ2) is 9.44. The molecule has 0 saturated carbocycles. The summed E-state index contributed by atoms with van der Waals surface area (Å²) in [5.74, 6) is 0.165. The predicted octanol–water partition coefficient (Wildman–Crippen LogP) is 3.27. The van der Waals surface area contributed by atoms with Crippen LogP contribution in [0.25, 0.3) is 0 Å². The highest BCUT2D eigenvalue weighted by Crippen LogP contribution is 2.28. The van der Waals surface area contributed by atoms with Crippen LogP contribution in [0.2, 0.25) is 0 Å². The van der Waals surface area contributed by atoms with Crippen molar-refractivity contribution in [1.29, 1.82) is 0 Å². The maximum absolute atomic E-state index is 12.8. The second-order valence-corrected chi connectivity index (χ2v) is 9.33. The first-order chi connectivity index (χ1) is 14.7. The van der Waals surface area contributed by atoms with Gasteiger partial charge in [0.05, 0.1) is 22.6 Å². The number of methoxy groups -OCH3 is 1. The summed E-state index contributed by atoms with van der Waals surface area (Å²) in [6.45, 7) is 2.76. The number of carbonyl (C=O) groups excluding carboxylic acids is 1. The number of rotatable bonds is 8. The molecular weight excluding hydrogens is 422 g/mol. The molecule has 0 aromatic heterocycles. The Hall–Kier alpha value is -2.98. The van der Waals surface area contributed by atoms with Crippen molar-refractivity contribution >= 4 is 27.3 Å². The Morgan fingerprint density at radius 3 is 2.55 bits per heavy atom. The molecule has 9 nitrogen and oxygen atoms in total. The molecule has 0 spiro atoms. The van der Waals surface area contributed by atoms with Crippen LogP contribution in [0.3, 0.4) is 0 Å². The molecule has 1 aliphatic heterocycles. The van der Waals surface area contributed by atoms with E-state index < -0.39 is 14.9 Å². The number of sulfonamides is 1. The molecule has 1 amide bonds. The number of benzene rings is 2. The monoisotopic (exact) mass is 447 g/mol. The number of nitro benzene ring substituents is 1. The van der Waals surface area contributed by atoms with Gasteiger partial charge in [-0.05, 0) is 55.5 Å². The van der Waals surface area contributed by atoms with Crippen molar-refractivity contribution < 1.29 is 22.9 Å². The fourth-order valence-electron chi connectivity index (χ4n) is 3.51. The van der Waals surface area contributed by atoms with Gasteiger partial charge >= 0.3 is 0 Å². The summed E-state index contributed by atoms with van der Waals surface area (Å²) in [4.78, 5) is 23.1. The molecule has 1 fully saturated rings. The first-order valence-corrected chi connectivity index (χ1v) is 11.4. The summed E-state index contributed by atoms with van der Waals surface area (Å²) in [5.41, 5.74) is 1.57. The second-order valence-electron chi connectivity index (χ2n) is 7.39. The van der Waals surface area contributed by atoms with Crippen molar-refractivity contribution in [3.8, 4) is 5.75 Å². The molecule has 2 aromatic carbocycles. The van der Waals surface area contributed by atoms with Gasteiger partial charge in [0.15, 0.2) is 0 Å². The number of anilines is 1. The highest BCUT2D eigenvalue weighted by molar-refractivity contribution is 7.89. The molecule has 1 saturated heterocycles. The van der Waals surface area contributed by atoms with Gasteiger partial charge in [0.1, 0.15) is 5.75 Å². The first kappa shape index (κ1) is 22.7. The molecule has 0 bridgehead atoms. The lowest BCUT2D eigenvalue weighted by Gasteiger charge is -2.17. The maximum atomic E-state index is 12.8. The van der Waals surface area contributed by atoms with E-state index >= 15 is 0 Å². The number of nitro groups is 1. The predicted molar refractivity (Wildman–Crippen MR) is 116 cm³/mol. The summed E-state index contributed by atoms with van der Waals surface area (Å²) in [5, 5.41) is 13.7. The molecule has 2 aromatic rings. The van der Waals surface area contributed by atoms with E-state index in [9.17, 15) is 23.3 Å². The van der Waals surface area contributed by atoms with E-state index in [4.69, 9.17) is 4.74 Å². The van der Waals surface area contributed by atoms with Crippen molar-refractivity contribution in [3.63, 3.8) is 0 Å². The molecule has 10 heteroatoms. The number of aryl methyl sites for hydroxylation is 2. The van der Waals surface area contributed by atoms with Crippen LogP contribution in [0.4, 0.5) is 11.4 Å². The summed E-state index contributed by atoms with van der Waals surface area (Å²) >= 11 is 0. The molecule has 0 radical (unpaired) electrons. The number of amides is 1. The zero-order valence-corrected chi connectivity index (χ0v) is 18.3. The molecular formula is C21H25N3O6S. The third-order valence-electron chi connectivity index (χ3n) is 5.28. The minimum atomic E-state index is -3.58. The summed E-state index contributed by atoms with van der Waals surface area (Å²) in [6, 6.07) is 8.93. The van der Waals surface area contributed by atoms with Crippen LogP contribution in [0.5, 0.6) is 5.75 Å². The number of nitrogens with one attached hydrogen (secondary N) is 1. The van der Waals surface area contributed by atoms with Gasteiger partial charge in [-0.1, -0.05) is 6.07 Å². The molecule has 1 heterocycles. The number of hydrogen-bond donors (Lipinski definition) is 1. The van der Waals surface area contributed by atoms with Crippen LogP contribution < -0.4 is 10.1 Å². The fraction of sp³-hybridized carbons (Fsp3) is 0.381. The van der Waals surface area contributed by atoms with Crippen molar-refractivity contribution in [2.75, 3.05) is 25.5 Å². The van der Waals surface area contributed by atoms with Crippen LogP contribution in [0.1, 0.15) is 30.4 Å². The molecule has 0 aliphatic carbocycles. The topological polar surface area (TPSA) is 119 Å². The number of nitrogens with zero attached hydrogens (tertiary/aromatic N) is 2. The minimum Gasteiger partial charge on any atom is -0.496 e. The number of ether oxygens (including phenoxy) is 1. The summed E-state index contributed by atoms with van der Waals surface area (Å²) in [6.07, 6.45) is 2.01. The van der Waals surface area contributed by atoms with Crippen LogP contribution in [-0.4, -0.2) is 43.8 Å². The highest BCUT2D eigenvalue weighted by atomic mass is 32.2. The van der Waals surface area contributed by atoms with Crippen LogP contribution in [0, 0.1) is 17.0 Å². The van der Waals surface area contributed by atoms with Gasteiger partial charge in [0.25, 0.3) is 5.69 Å². The van der Waals surface area contributed by atoms with Gasteiger partial charge in [0.2, 0.25) is 15.9 Å². The van der Waals surface area contributed by atoms with E-state index in [-0.39, 0.29) is 29.3 Å². The molecule has 166 valence electrons. The number of non-ortho nitro benzene ring substituents is 1. The van der Waals surface area contributed by atoms with E-state index in [2.05, 4.69) is 5.32 Å². The molecule has 1 aliphatic rings. The van der Waals surface area contributed by atoms with Crippen LogP contribution in [-0.2, 0) is 21.2 Å². The van der Waals surface area contributed by atoms with Gasteiger partial charge in [-0.2, -0.15) is 4.31 Å². The molecule has 3 rings (SSSR count). The zero-order chi connectivity index (χ0) is 22.6. The van der Waals surface area contributed by atoms with E-state index in [1.54, 1.807) is 25.1 Å². The lowest BCUT2D eigenvalue weighted by molar-refractivity contribution is -0.384. The van der Waals surface area contributed by atoms with E-state index in [1.807, 2.05) is 0 Å². The van der Waals surface area contributed by atoms with Gasteiger partial charge in [-0.3, -0.25) is 14.9 Å². The fourth-order valence-corrected chi connectivity index (χ4v) is 5.08. The SMILES string of the molecule is COc1ccc(S(=O)(=O)N2CCCC2)cc1CCC(=O)Nc1cc([N+](=O)[O-])ccc1C. The maximum Gasteiger partial charge on any atom is 0.271 e. The lowest BCUT2D eigenvalue weighted by Crippen LogP contribution is -2.28. The first-order valence-electron chi connectivity index (χ1n) is 9.94. The smallest absolute Gasteiger partial charge is 0.271 e. The Kier molecular flexibility index (Phi) is 6.91. The van der Waals surface area contributed by atoms with E-state index in [1.165, 1.54) is 29.6 Å². The Balaban J connectivity index is 1.74. The van der Waals surface area contributed by atoms with Crippen LogP contribution in [0.15, 0.2) is 41.3 Å². The molecule has 0 unspecified atom stereocenters. The standard InChI is InChI=1S/C21H25N3O6S/c1-15-5-7-17(24(26)27)14-19(15)22-21(25)10-6-16-13-18(8-9-20(16)30-2)31(28,29)23-11-3-4-12-23/h5,7-9,13-14H,3-4,6,10-12H2,1-2H3,(H,22,25). The summed E-state index contributed by atoms with van der Waals surface area (Å²) < 4.78 is 32.5. The van der Waals surface area contributed by atoms with Gasteiger partial charge < -0.3 is 10.1 Å². The van der Waals surface area contributed by atoms with Crippen LogP contribution >= 0.6 is 0 Å². The average Bonchev–Trinajstić information content (AvgIpc) is 3.29. The van der Waals surface area contributed by atoms with Crippen molar-refractivity contribution in [2.24, 2.45) is 0 Å². The largest absolute Gasteiger partial charge is 0.496 e. The lowest BCUT2D eigenvalue weighted by atomic mass is 10.1. The molecule has 1 N–H and O–H groups in total. The Morgan fingerprint density at radius 2 is 1.90 bits per heavy atom. The number of carbonyl (C=O) groups is 1. The van der Waals surface area contributed by atoms with Gasteiger partial charge in [-0.25, -0.2) is 8.42 Å². The van der Waals surface area contributed by atoms with E-state index in [0.29, 0.717) is 35.7 Å². The number of hydrogen-bond acceptors (Lipinski definition) is 6. The zero-order valence-electron chi connectivity index (χ0n) is 17.5.